The standard InChI is InChI=1S/C21H17ClN6O2/c22-15-5-3-14(4-6-15)17-12-18-21-25-24-19(27(21)9-10-28(18)26-17)7-8-20(29)23-13-16-2-1-11-30-16/h1-6,9-12H,7-8,13H2,(H,23,29). The van der Waals surface area contributed by atoms with Gasteiger partial charge in [-0.25, -0.2) is 4.52 Å². The van der Waals surface area contributed by atoms with Gasteiger partial charge < -0.3 is 9.73 Å². The van der Waals surface area contributed by atoms with Gasteiger partial charge in [-0.3, -0.25) is 9.20 Å². The van der Waals surface area contributed by atoms with Crippen LogP contribution < -0.4 is 5.32 Å². The fraction of sp³-hybridized carbons (Fsp3) is 0.143. The van der Waals surface area contributed by atoms with Crippen LogP contribution in [0.3, 0.4) is 0 Å². The molecule has 1 aromatic carbocycles. The van der Waals surface area contributed by atoms with Gasteiger partial charge in [0.05, 0.1) is 18.5 Å². The topological polar surface area (TPSA) is 89.7 Å². The number of nitrogens with one attached hydrogen (secondary N) is 1. The monoisotopic (exact) mass is 420 g/mol. The third kappa shape index (κ3) is 3.53. The van der Waals surface area contributed by atoms with Gasteiger partial charge in [-0.1, -0.05) is 23.7 Å². The lowest BCUT2D eigenvalue weighted by molar-refractivity contribution is -0.121. The van der Waals surface area contributed by atoms with Crippen LogP contribution >= 0.6 is 11.6 Å². The second-order valence-electron chi connectivity index (χ2n) is 6.83. The molecule has 9 heteroatoms. The summed E-state index contributed by atoms with van der Waals surface area (Å²) in [6.07, 6.45) is 6.07. The van der Waals surface area contributed by atoms with E-state index in [9.17, 15) is 4.79 Å². The summed E-state index contributed by atoms with van der Waals surface area (Å²) < 4.78 is 8.88. The molecule has 0 fully saturated rings. The largest absolute Gasteiger partial charge is 0.467 e. The quantitative estimate of drug-likeness (QED) is 0.453. The summed E-state index contributed by atoms with van der Waals surface area (Å²) in [4.78, 5) is 12.1. The summed E-state index contributed by atoms with van der Waals surface area (Å²) in [6, 6.07) is 13.1. The summed E-state index contributed by atoms with van der Waals surface area (Å²) >= 11 is 5.98. The van der Waals surface area contributed by atoms with Crippen LogP contribution in [0.25, 0.3) is 22.4 Å². The molecule has 0 unspecified atom stereocenters. The maximum atomic E-state index is 12.1. The van der Waals surface area contributed by atoms with Crippen LogP contribution in [0.4, 0.5) is 0 Å². The zero-order chi connectivity index (χ0) is 20.5. The number of aryl methyl sites for hydroxylation is 1. The SMILES string of the molecule is O=C(CCc1nnc2c3cc(-c4ccc(Cl)cc4)nn3ccn12)NCc1ccco1. The van der Waals surface area contributed by atoms with Gasteiger partial charge in [0.25, 0.3) is 0 Å². The van der Waals surface area contributed by atoms with E-state index in [-0.39, 0.29) is 5.91 Å². The van der Waals surface area contributed by atoms with E-state index >= 15 is 0 Å². The van der Waals surface area contributed by atoms with E-state index in [1.807, 2.05) is 53.2 Å². The van der Waals surface area contributed by atoms with Gasteiger partial charge in [0, 0.05) is 35.8 Å². The summed E-state index contributed by atoms with van der Waals surface area (Å²) in [7, 11) is 0. The Kier molecular flexibility index (Phi) is 4.68. The van der Waals surface area contributed by atoms with Crippen molar-refractivity contribution in [2.45, 2.75) is 19.4 Å². The predicted molar refractivity (Wildman–Crippen MR) is 111 cm³/mol. The van der Waals surface area contributed by atoms with Crippen LogP contribution in [0.15, 0.2) is 65.5 Å². The van der Waals surface area contributed by atoms with Crippen molar-refractivity contribution in [1.29, 1.82) is 0 Å². The van der Waals surface area contributed by atoms with Crippen LogP contribution in [0.1, 0.15) is 18.0 Å². The van der Waals surface area contributed by atoms with E-state index in [0.29, 0.717) is 30.1 Å². The Morgan fingerprint density at radius 2 is 2.00 bits per heavy atom. The van der Waals surface area contributed by atoms with Crippen LogP contribution in [-0.4, -0.2) is 30.1 Å². The maximum absolute atomic E-state index is 12.1. The maximum Gasteiger partial charge on any atom is 0.220 e. The van der Waals surface area contributed by atoms with Gasteiger partial charge in [0.1, 0.15) is 17.1 Å². The van der Waals surface area contributed by atoms with Gasteiger partial charge >= 0.3 is 0 Å². The summed E-state index contributed by atoms with van der Waals surface area (Å²) in [6.45, 7) is 0.371. The highest BCUT2D eigenvalue weighted by atomic mass is 35.5. The van der Waals surface area contributed by atoms with E-state index in [2.05, 4.69) is 20.6 Å². The molecule has 8 nitrogen and oxygen atoms in total. The molecular formula is C21H17ClN6O2. The first-order valence-corrected chi connectivity index (χ1v) is 9.82. The Morgan fingerprint density at radius 1 is 1.13 bits per heavy atom. The number of benzene rings is 1. The number of carbonyl (C=O) groups is 1. The van der Waals surface area contributed by atoms with Crippen molar-refractivity contribution in [3.63, 3.8) is 0 Å². The first kappa shape index (κ1) is 18.4. The Bertz CT molecular complexity index is 1320. The van der Waals surface area contributed by atoms with E-state index in [4.69, 9.17) is 16.0 Å². The van der Waals surface area contributed by atoms with E-state index in [1.54, 1.807) is 16.8 Å². The van der Waals surface area contributed by atoms with Crippen molar-refractivity contribution in [3.8, 4) is 11.3 Å². The molecule has 0 aliphatic rings. The van der Waals surface area contributed by atoms with Gasteiger partial charge in [-0.2, -0.15) is 5.10 Å². The van der Waals surface area contributed by atoms with Crippen molar-refractivity contribution in [2.75, 3.05) is 0 Å². The third-order valence-electron chi connectivity index (χ3n) is 4.84. The summed E-state index contributed by atoms with van der Waals surface area (Å²) in [5, 5.41) is 16.7. The molecule has 0 atom stereocenters. The Morgan fingerprint density at radius 3 is 2.80 bits per heavy atom. The lowest BCUT2D eigenvalue weighted by Gasteiger charge is -2.03. The molecule has 150 valence electrons. The first-order chi connectivity index (χ1) is 14.7. The van der Waals surface area contributed by atoms with Crippen molar-refractivity contribution in [3.05, 3.63) is 77.7 Å². The van der Waals surface area contributed by atoms with Crippen molar-refractivity contribution in [2.24, 2.45) is 0 Å². The highest BCUT2D eigenvalue weighted by Crippen LogP contribution is 2.23. The zero-order valence-corrected chi connectivity index (χ0v) is 16.6. The number of nitrogens with zero attached hydrogens (tertiary/aromatic N) is 5. The van der Waals surface area contributed by atoms with Crippen LogP contribution in [-0.2, 0) is 17.8 Å². The summed E-state index contributed by atoms with van der Waals surface area (Å²) in [5.74, 6) is 1.37. The molecule has 0 bridgehead atoms. The molecular weight excluding hydrogens is 404 g/mol. The number of furan rings is 1. The van der Waals surface area contributed by atoms with Gasteiger partial charge in [-0.05, 0) is 30.3 Å². The Balaban J connectivity index is 1.35. The van der Waals surface area contributed by atoms with Gasteiger partial charge in [-0.15, -0.1) is 10.2 Å². The number of fused-ring (bicyclic) bond motifs is 3. The van der Waals surface area contributed by atoms with Crippen molar-refractivity contribution < 1.29 is 9.21 Å². The van der Waals surface area contributed by atoms with Gasteiger partial charge in [0.15, 0.2) is 5.65 Å². The lowest BCUT2D eigenvalue weighted by Crippen LogP contribution is -2.23. The summed E-state index contributed by atoms with van der Waals surface area (Å²) in [5.41, 5.74) is 3.32. The fourth-order valence-corrected chi connectivity index (χ4v) is 3.43. The molecule has 4 aromatic heterocycles. The fourth-order valence-electron chi connectivity index (χ4n) is 3.30. The molecule has 0 saturated carbocycles. The average Bonchev–Trinajstić information content (AvgIpc) is 3.50. The number of amides is 1. The molecule has 4 heterocycles. The van der Waals surface area contributed by atoms with Crippen LogP contribution in [0.2, 0.25) is 5.02 Å². The smallest absolute Gasteiger partial charge is 0.220 e. The molecule has 30 heavy (non-hydrogen) atoms. The van der Waals surface area contributed by atoms with E-state index < -0.39 is 0 Å². The molecule has 5 rings (SSSR count). The molecule has 0 radical (unpaired) electrons. The van der Waals surface area contributed by atoms with Crippen LogP contribution in [0.5, 0.6) is 0 Å². The zero-order valence-electron chi connectivity index (χ0n) is 15.8. The molecule has 0 saturated heterocycles. The average molecular weight is 421 g/mol. The van der Waals surface area contributed by atoms with Crippen molar-refractivity contribution in [1.82, 2.24) is 29.5 Å². The third-order valence-corrected chi connectivity index (χ3v) is 5.10. The minimum atomic E-state index is -0.0707. The minimum Gasteiger partial charge on any atom is -0.467 e. The number of aromatic nitrogens is 5. The Labute approximate surface area is 176 Å². The molecule has 1 N–H and O–H groups in total. The highest BCUT2D eigenvalue weighted by Gasteiger charge is 2.13. The number of rotatable bonds is 6. The molecule has 0 aliphatic heterocycles. The van der Waals surface area contributed by atoms with Crippen LogP contribution in [0, 0.1) is 0 Å². The molecule has 1 amide bonds. The second-order valence-corrected chi connectivity index (χ2v) is 7.27. The minimum absolute atomic E-state index is 0.0707. The predicted octanol–water partition coefficient (Wildman–Crippen LogP) is 3.54. The lowest BCUT2D eigenvalue weighted by atomic mass is 10.1. The number of halogens is 1. The van der Waals surface area contributed by atoms with Gasteiger partial charge in [0.2, 0.25) is 5.91 Å². The normalized spacial score (nSPS) is 11.4. The van der Waals surface area contributed by atoms with E-state index in [0.717, 1.165) is 28.4 Å². The number of hydrogen-bond acceptors (Lipinski definition) is 5. The van der Waals surface area contributed by atoms with Crippen molar-refractivity contribution >= 4 is 28.7 Å². The molecule has 0 spiro atoms. The second kappa shape index (κ2) is 7.64. The molecule has 5 aromatic rings. The number of carbonyl (C=O) groups excluding carboxylic acids is 1. The Hall–Kier alpha value is -3.65. The molecule has 0 aliphatic carbocycles. The first-order valence-electron chi connectivity index (χ1n) is 9.44. The van der Waals surface area contributed by atoms with E-state index in [1.165, 1.54) is 0 Å². The number of hydrogen-bond donors (Lipinski definition) is 1. The highest BCUT2D eigenvalue weighted by molar-refractivity contribution is 6.30.